The molecule has 0 aromatic heterocycles. The molecule has 4 bridgehead atoms. The van der Waals surface area contributed by atoms with Crippen molar-refractivity contribution >= 4 is 16.9 Å². The van der Waals surface area contributed by atoms with Gasteiger partial charge in [0.15, 0.2) is 14.7 Å². The van der Waals surface area contributed by atoms with Crippen LogP contribution in [0.25, 0.3) is 0 Å². The van der Waals surface area contributed by atoms with Crippen molar-refractivity contribution in [3.05, 3.63) is 91.0 Å². The summed E-state index contributed by atoms with van der Waals surface area (Å²) in [5.74, 6) is 1.38. The summed E-state index contributed by atoms with van der Waals surface area (Å²) in [6, 6.07) is 32.2. The highest BCUT2D eigenvalue weighted by atomic mass is 32.2. The van der Waals surface area contributed by atoms with Crippen LogP contribution in [0.5, 0.6) is 0 Å². The molecule has 3 heteroatoms. The van der Waals surface area contributed by atoms with E-state index in [1.807, 2.05) is 0 Å². The summed E-state index contributed by atoms with van der Waals surface area (Å²) >= 11 is 0. The normalized spacial score (nSPS) is 27.6. The van der Waals surface area contributed by atoms with E-state index in [9.17, 15) is 9.90 Å². The van der Waals surface area contributed by atoms with Gasteiger partial charge in [0.05, 0.1) is 10.9 Å². The molecule has 4 fully saturated rings. The summed E-state index contributed by atoms with van der Waals surface area (Å²) < 4.78 is 0. The van der Waals surface area contributed by atoms with Crippen LogP contribution >= 0.6 is 0 Å². The molecule has 3 aromatic carbocycles. The molecule has 0 aliphatic heterocycles. The smallest absolute Gasteiger partial charge is 0.166 e. The Labute approximate surface area is 194 Å². The Morgan fingerprint density at radius 3 is 1.22 bits per heavy atom. The molecule has 0 radical (unpaired) electrons. The first-order chi connectivity index (χ1) is 15.6. The molecule has 0 heterocycles. The lowest BCUT2D eigenvalue weighted by Gasteiger charge is -2.57. The molecule has 0 spiro atoms. The van der Waals surface area contributed by atoms with E-state index >= 15 is 0 Å². The van der Waals surface area contributed by atoms with Crippen LogP contribution in [0, 0.1) is 23.2 Å². The van der Waals surface area contributed by atoms with Crippen LogP contribution in [0.3, 0.4) is 0 Å². The maximum Gasteiger partial charge on any atom is 0.166 e. The van der Waals surface area contributed by atoms with Crippen molar-refractivity contribution in [2.24, 2.45) is 23.2 Å². The second-order valence-electron chi connectivity index (χ2n) is 9.73. The molecule has 0 saturated heterocycles. The standard InChI is InChI=1S/C18H15S.C11H16O2/c1-4-10-16(11-5-1)19(17-12-6-2-7-13-17)18-14-8-3-9-15-18;12-10(13)11-4-7-1-8(5-11)3-9(2-7)6-11/h1-15H;7-9H,1-6H2,(H,12,13)/q+1;/p-1. The summed E-state index contributed by atoms with van der Waals surface area (Å²) in [4.78, 5) is 15.2. The fourth-order valence-electron chi connectivity index (χ4n) is 6.44. The maximum atomic E-state index is 11.1. The van der Waals surface area contributed by atoms with Crippen molar-refractivity contribution in [1.29, 1.82) is 0 Å². The first-order valence-electron chi connectivity index (χ1n) is 11.7. The number of hydrogen-bond acceptors (Lipinski definition) is 2. The van der Waals surface area contributed by atoms with Crippen molar-refractivity contribution in [1.82, 2.24) is 0 Å². The fraction of sp³-hybridized carbons (Fsp3) is 0.345. The van der Waals surface area contributed by atoms with E-state index in [1.54, 1.807) is 0 Å². The molecule has 0 N–H and O–H groups in total. The van der Waals surface area contributed by atoms with E-state index in [0.717, 1.165) is 19.3 Å². The number of carboxylic acid groups (broad SMARTS) is 1. The Hall–Kier alpha value is -2.52. The summed E-state index contributed by atoms with van der Waals surface area (Å²) in [5.41, 5.74) is -0.394. The quantitative estimate of drug-likeness (QED) is 0.484. The van der Waals surface area contributed by atoms with Crippen LogP contribution < -0.4 is 5.11 Å². The Kier molecular flexibility index (Phi) is 6.10. The molecule has 164 valence electrons. The summed E-state index contributed by atoms with van der Waals surface area (Å²) in [5, 5.41) is 11.1. The number of rotatable bonds is 4. The van der Waals surface area contributed by atoms with Gasteiger partial charge in [-0.05, 0) is 92.7 Å². The van der Waals surface area contributed by atoms with E-state index in [-0.39, 0.29) is 10.9 Å². The minimum atomic E-state index is -0.758. The van der Waals surface area contributed by atoms with Gasteiger partial charge in [-0.3, -0.25) is 0 Å². The number of benzene rings is 3. The SMILES string of the molecule is O=C([O-])C12CC3CC(CC(C3)C1)C2.c1ccc([S+](c2ccccc2)c2ccccc2)cc1. The zero-order valence-electron chi connectivity index (χ0n) is 18.4. The molecule has 0 unspecified atom stereocenters. The van der Waals surface area contributed by atoms with Crippen LogP contribution in [-0.2, 0) is 15.7 Å². The van der Waals surface area contributed by atoms with Crippen LogP contribution in [-0.4, -0.2) is 5.97 Å². The van der Waals surface area contributed by atoms with Gasteiger partial charge in [-0.2, -0.15) is 0 Å². The van der Waals surface area contributed by atoms with Gasteiger partial charge in [0, 0.05) is 11.4 Å². The minimum absolute atomic E-state index is 0.0146. The molecule has 7 rings (SSSR count). The van der Waals surface area contributed by atoms with Crippen molar-refractivity contribution in [3.8, 4) is 0 Å². The van der Waals surface area contributed by atoms with Gasteiger partial charge in [-0.25, -0.2) is 0 Å². The molecule has 4 saturated carbocycles. The van der Waals surface area contributed by atoms with Gasteiger partial charge in [0.1, 0.15) is 0 Å². The molecule has 0 atom stereocenters. The average Bonchev–Trinajstić information content (AvgIpc) is 2.81. The number of hydrogen-bond donors (Lipinski definition) is 0. The average molecular weight is 443 g/mol. The highest BCUT2D eigenvalue weighted by Crippen LogP contribution is 2.59. The van der Waals surface area contributed by atoms with Crippen LogP contribution in [0.2, 0.25) is 0 Å². The molecule has 0 amide bonds. The fourth-order valence-corrected chi connectivity index (χ4v) is 8.54. The first-order valence-corrected chi connectivity index (χ1v) is 13.0. The molecule has 4 aliphatic carbocycles. The van der Waals surface area contributed by atoms with Crippen LogP contribution in [0.15, 0.2) is 106 Å². The zero-order chi connectivity index (χ0) is 22.0. The van der Waals surface area contributed by atoms with Gasteiger partial charge < -0.3 is 9.90 Å². The minimum Gasteiger partial charge on any atom is -0.550 e. The lowest BCUT2D eigenvalue weighted by atomic mass is 9.49. The van der Waals surface area contributed by atoms with E-state index < -0.39 is 11.4 Å². The van der Waals surface area contributed by atoms with Gasteiger partial charge in [-0.15, -0.1) is 0 Å². The van der Waals surface area contributed by atoms with Crippen molar-refractivity contribution < 1.29 is 9.90 Å². The summed E-state index contributed by atoms with van der Waals surface area (Å²) in [7, 11) is -0.0146. The maximum absolute atomic E-state index is 11.1. The molecular weight excluding hydrogens is 412 g/mol. The molecular formula is C29H30O2S. The second kappa shape index (κ2) is 9.15. The third-order valence-corrected chi connectivity index (χ3v) is 9.64. The van der Waals surface area contributed by atoms with Crippen molar-refractivity contribution in [2.45, 2.75) is 53.2 Å². The Balaban J connectivity index is 0.000000144. The third-order valence-electron chi connectivity index (χ3n) is 7.41. The second-order valence-corrected chi connectivity index (χ2v) is 11.8. The topological polar surface area (TPSA) is 40.1 Å². The molecule has 4 aliphatic rings. The molecule has 2 nitrogen and oxygen atoms in total. The predicted molar refractivity (Wildman–Crippen MR) is 127 cm³/mol. The number of carbonyl (C=O) groups is 1. The van der Waals surface area contributed by atoms with E-state index in [2.05, 4.69) is 91.0 Å². The van der Waals surface area contributed by atoms with Gasteiger partial charge in [0.2, 0.25) is 0 Å². The third kappa shape index (κ3) is 4.36. The number of carbonyl (C=O) groups excluding carboxylic acids is 1. The van der Waals surface area contributed by atoms with Gasteiger partial charge >= 0.3 is 0 Å². The lowest BCUT2D eigenvalue weighted by molar-refractivity contribution is -0.327. The Morgan fingerprint density at radius 2 is 0.938 bits per heavy atom. The highest BCUT2D eigenvalue weighted by molar-refractivity contribution is 7.97. The predicted octanol–water partition coefficient (Wildman–Crippen LogP) is 5.73. The first kappa shape index (κ1) is 21.3. The number of carboxylic acids is 1. The number of aliphatic carboxylic acids is 1. The van der Waals surface area contributed by atoms with E-state index in [4.69, 9.17) is 0 Å². The van der Waals surface area contributed by atoms with Gasteiger partial charge in [0.25, 0.3) is 0 Å². The van der Waals surface area contributed by atoms with E-state index in [0.29, 0.717) is 17.8 Å². The molecule has 32 heavy (non-hydrogen) atoms. The molecule has 3 aromatic rings. The Bertz CT molecular complexity index is 903. The summed E-state index contributed by atoms with van der Waals surface area (Å²) in [6.45, 7) is 0. The highest BCUT2D eigenvalue weighted by Gasteiger charge is 2.51. The van der Waals surface area contributed by atoms with Crippen molar-refractivity contribution in [2.75, 3.05) is 0 Å². The van der Waals surface area contributed by atoms with Crippen LogP contribution in [0.1, 0.15) is 38.5 Å². The largest absolute Gasteiger partial charge is 0.550 e. The Morgan fingerprint density at radius 1 is 0.625 bits per heavy atom. The lowest BCUT2D eigenvalue weighted by Crippen LogP contribution is -2.54. The van der Waals surface area contributed by atoms with Gasteiger partial charge in [-0.1, -0.05) is 54.6 Å². The van der Waals surface area contributed by atoms with E-state index in [1.165, 1.54) is 33.9 Å². The zero-order valence-corrected chi connectivity index (χ0v) is 19.2. The summed E-state index contributed by atoms with van der Waals surface area (Å²) in [6.07, 6.45) is 6.65. The van der Waals surface area contributed by atoms with Crippen molar-refractivity contribution in [3.63, 3.8) is 0 Å². The van der Waals surface area contributed by atoms with Crippen LogP contribution in [0.4, 0.5) is 0 Å². The monoisotopic (exact) mass is 442 g/mol.